The number of rotatable bonds is 7. The van der Waals surface area contributed by atoms with Crippen LogP contribution in [0.25, 0.3) is 0 Å². The normalized spacial score (nSPS) is 31.9. The maximum Gasteiger partial charge on any atom is 0.138 e. The van der Waals surface area contributed by atoms with Crippen molar-refractivity contribution >= 4 is 5.78 Å². The second kappa shape index (κ2) is 5.62. The lowest BCUT2D eigenvalue weighted by Gasteiger charge is -2.16. The standard InChI is InChI=1S/C14H22O2/c1-2-3-4-5-6-7-13(15)12-10-11-8-9-14(12)16-11/h2,11-12,14H,1,3-10H2. The highest BCUT2D eigenvalue weighted by Gasteiger charge is 2.43. The summed E-state index contributed by atoms with van der Waals surface area (Å²) in [4.78, 5) is 12.0. The Bertz CT molecular complexity index is 259. The van der Waals surface area contributed by atoms with E-state index in [0.29, 0.717) is 11.9 Å². The van der Waals surface area contributed by atoms with Crippen LogP contribution < -0.4 is 0 Å². The molecule has 0 saturated carbocycles. The molecule has 2 saturated heterocycles. The highest BCUT2D eigenvalue weighted by Crippen LogP contribution is 2.39. The van der Waals surface area contributed by atoms with Crippen molar-refractivity contribution in [3.63, 3.8) is 0 Å². The van der Waals surface area contributed by atoms with E-state index in [1.165, 1.54) is 12.8 Å². The molecule has 3 unspecified atom stereocenters. The van der Waals surface area contributed by atoms with E-state index in [1.807, 2.05) is 6.08 Å². The van der Waals surface area contributed by atoms with Gasteiger partial charge in [0.25, 0.3) is 0 Å². The largest absolute Gasteiger partial charge is 0.374 e. The van der Waals surface area contributed by atoms with E-state index in [-0.39, 0.29) is 12.0 Å². The van der Waals surface area contributed by atoms with Crippen LogP contribution in [0.5, 0.6) is 0 Å². The molecule has 2 aliphatic heterocycles. The molecule has 2 bridgehead atoms. The summed E-state index contributed by atoms with van der Waals surface area (Å²) < 4.78 is 5.72. The molecule has 3 atom stereocenters. The molecule has 2 nitrogen and oxygen atoms in total. The minimum atomic E-state index is 0.234. The Labute approximate surface area is 98.1 Å². The highest BCUT2D eigenvalue weighted by molar-refractivity contribution is 5.82. The van der Waals surface area contributed by atoms with Gasteiger partial charge in [0.05, 0.1) is 12.2 Å². The molecule has 0 aromatic rings. The molecule has 16 heavy (non-hydrogen) atoms. The Hall–Kier alpha value is -0.630. The van der Waals surface area contributed by atoms with Gasteiger partial charge in [-0.3, -0.25) is 4.79 Å². The van der Waals surface area contributed by atoms with Crippen LogP contribution in [-0.2, 0) is 9.53 Å². The average molecular weight is 222 g/mol. The fraction of sp³-hybridized carbons (Fsp3) is 0.786. The Kier molecular flexibility index (Phi) is 4.16. The smallest absolute Gasteiger partial charge is 0.138 e. The summed E-state index contributed by atoms with van der Waals surface area (Å²) in [7, 11) is 0. The summed E-state index contributed by atoms with van der Waals surface area (Å²) in [6.45, 7) is 3.70. The molecule has 0 aromatic heterocycles. The molecule has 0 aromatic carbocycles. The number of carbonyl (C=O) groups excluding carboxylic acids is 1. The second-order valence-electron chi connectivity index (χ2n) is 5.07. The number of ether oxygens (including phenoxy) is 1. The van der Waals surface area contributed by atoms with Crippen LogP contribution in [0.2, 0.25) is 0 Å². The maximum atomic E-state index is 12.0. The fourth-order valence-corrected chi connectivity index (χ4v) is 2.93. The maximum absolute atomic E-state index is 12.0. The molecule has 2 heteroatoms. The van der Waals surface area contributed by atoms with Crippen molar-refractivity contribution < 1.29 is 9.53 Å². The molecular weight excluding hydrogens is 200 g/mol. The molecule has 0 aliphatic carbocycles. The lowest BCUT2D eigenvalue weighted by atomic mass is 9.84. The summed E-state index contributed by atoms with van der Waals surface area (Å²) in [6, 6.07) is 0. The zero-order valence-electron chi connectivity index (χ0n) is 9.99. The van der Waals surface area contributed by atoms with E-state index in [2.05, 4.69) is 6.58 Å². The zero-order chi connectivity index (χ0) is 11.4. The summed E-state index contributed by atoms with van der Waals surface area (Å²) in [5.74, 6) is 0.684. The molecule has 0 radical (unpaired) electrons. The Morgan fingerprint density at radius 2 is 2.19 bits per heavy atom. The molecule has 0 amide bonds. The van der Waals surface area contributed by atoms with E-state index in [1.54, 1.807) is 0 Å². The molecule has 0 spiro atoms. The second-order valence-corrected chi connectivity index (χ2v) is 5.07. The first-order valence-corrected chi connectivity index (χ1v) is 6.60. The average Bonchev–Trinajstić information content (AvgIpc) is 2.90. The third kappa shape index (κ3) is 2.73. The fourth-order valence-electron chi connectivity index (χ4n) is 2.93. The van der Waals surface area contributed by atoms with Crippen molar-refractivity contribution in [3.05, 3.63) is 12.7 Å². The van der Waals surface area contributed by atoms with Crippen molar-refractivity contribution in [2.24, 2.45) is 5.92 Å². The van der Waals surface area contributed by atoms with E-state index in [0.717, 1.165) is 38.5 Å². The van der Waals surface area contributed by atoms with Gasteiger partial charge in [0.15, 0.2) is 0 Å². The van der Waals surface area contributed by atoms with Crippen LogP contribution in [0.1, 0.15) is 51.4 Å². The van der Waals surface area contributed by atoms with Gasteiger partial charge in [-0.25, -0.2) is 0 Å². The summed E-state index contributed by atoms with van der Waals surface area (Å²) in [5, 5.41) is 0. The van der Waals surface area contributed by atoms with Crippen LogP contribution in [0.15, 0.2) is 12.7 Å². The van der Waals surface area contributed by atoms with Gasteiger partial charge in [-0.1, -0.05) is 12.5 Å². The van der Waals surface area contributed by atoms with E-state index >= 15 is 0 Å². The first kappa shape index (κ1) is 11.8. The molecule has 2 heterocycles. The van der Waals surface area contributed by atoms with E-state index in [9.17, 15) is 4.79 Å². The lowest BCUT2D eigenvalue weighted by molar-refractivity contribution is -0.124. The number of ketones is 1. The van der Waals surface area contributed by atoms with Crippen LogP contribution >= 0.6 is 0 Å². The third-order valence-corrected chi connectivity index (χ3v) is 3.85. The minimum absolute atomic E-state index is 0.234. The number of allylic oxidation sites excluding steroid dienone is 1. The van der Waals surface area contributed by atoms with Crippen molar-refractivity contribution in [3.8, 4) is 0 Å². The van der Waals surface area contributed by atoms with Crippen molar-refractivity contribution in [2.45, 2.75) is 63.6 Å². The predicted molar refractivity (Wildman–Crippen MR) is 64.3 cm³/mol. The molecular formula is C14H22O2. The van der Waals surface area contributed by atoms with Gasteiger partial charge in [0.1, 0.15) is 5.78 Å². The van der Waals surface area contributed by atoms with Crippen molar-refractivity contribution in [2.75, 3.05) is 0 Å². The molecule has 2 rings (SSSR count). The Morgan fingerprint density at radius 3 is 2.81 bits per heavy atom. The molecule has 2 aliphatic rings. The highest BCUT2D eigenvalue weighted by atomic mass is 16.5. The van der Waals surface area contributed by atoms with Gasteiger partial charge >= 0.3 is 0 Å². The molecule has 0 N–H and O–H groups in total. The van der Waals surface area contributed by atoms with Gasteiger partial charge in [0, 0.05) is 12.3 Å². The number of Topliss-reactive ketones (excluding diaryl/α,β-unsaturated/α-hetero) is 1. The van der Waals surface area contributed by atoms with E-state index in [4.69, 9.17) is 4.74 Å². The minimum Gasteiger partial charge on any atom is -0.374 e. The van der Waals surface area contributed by atoms with Gasteiger partial charge in [-0.2, -0.15) is 0 Å². The monoisotopic (exact) mass is 222 g/mol. The first-order chi connectivity index (χ1) is 7.81. The Morgan fingerprint density at radius 1 is 1.31 bits per heavy atom. The van der Waals surface area contributed by atoms with Gasteiger partial charge in [-0.15, -0.1) is 6.58 Å². The van der Waals surface area contributed by atoms with Gasteiger partial charge in [0.2, 0.25) is 0 Å². The van der Waals surface area contributed by atoms with Crippen LogP contribution in [0.3, 0.4) is 0 Å². The van der Waals surface area contributed by atoms with Crippen LogP contribution in [0, 0.1) is 5.92 Å². The summed E-state index contributed by atoms with van der Waals surface area (Å²) >= 11 is 0. The molecule has 90 valence electrons. The number of hydrogen-bond donors (Lipinski definition) is 0. The van der Waals surface area contributed by atoms with Crippen LogP contribution in [-0.4, -0.2) is 18.0 Å². The predicted octanol–water partition coefficient (Wildman–Crippen LogP) is 3.26. The Balaban J connectivity index is 1.63. The zero-order valence-corrected chi connectivity index (χ0v) is 9.99. The number of unbranched alkanes of at least 4 members (excludes halogenated alkanes) is 3. The van der Waals surface area contributed by atoms with Crippen molar-refractivity contribution in [1.29, 1.82) is 0 Å². The lowest BCUT2D eigenvalue weighted by Crippen LogP contribution is -2.25. The third-order valence-electron chi connectivity index (χ3n) is 3.85. The van der Waals surface area contributed by atoms with Gasteiger partial charge < -0.3 is 4.74 Å². The number of hydrogen-bond acceptors (Lipinski definition) is 2. The van der Waals surface area contributed by atoms with Crippen molar-refractivity contribution in [1.82, 2.24) is 0 Å². The topological polar surface area (TPSA) is 26.3 Å². The quantitative estimate of drug-likeness (QED) is 0.488. The van der Waals surface area contributed by atoms with E-state index < -0.39 is 0 Å². The number of carbonyl (C=O) groups is 1. The van der Waals surface area contributed by atoms with Gasteiger partial charge in [-0.05, 0) is 38.5 Å². The number of fused-ring (bicyclic) bond motifs is 2. The first-order valence-electron chi connectivity index (χ1n) is 6.60. The SMILES string of the molecule is C=CCCCCCC(=O)C1CC2CCC1O2. The summed E-state index contributed by atoms with van der Waals surface area (Å²) in [6.07, 6.45) is 11.1. The summed E-state index contributed by atoms with van der Waals surface area (Å²) in [5.41, 5.74) is 0. The molecule has 2 fully saturated rings. The van der Waals surface area contributed by atoms with Crippen LogP contribution in [0.4, 0.5) is 0 Å².